The molecule has 0 radical (unpaired) electrons. The summed E-state index contributed by atoms with van der Waals surface area (Å²) < 4.78 is 0. The molecule has 3 aromatic rings. The van der Waals surface area contributed by atoms with E-state index >= 15 is 0 Å². The van der Waals surface area contributed by atoms with Gasteiger partial charge in [0, 0.05) is 15.8 Å². The van der Waals surface area contributed by atoms with Crippen molar-refractivity contribution in [2.45, 2.75) is 39.5 Å². The molecule has 5 heteroatoms. The van der Waals surface area contributed by atoms with E-state index in [4.69, 9.17) is 10.7 Å². The lowest BCUT2D eigenvalue weighted by Crippen LogP contribution is -2.15. The fraction of sp³-hybridized carbons (Fsp3) is 0.300. The highest BCUT2D eigenvalue weighted by Gasteiger charge is 2.25. The van der Waals surface area contributed by atoms with Crippen molar-refractivity contribution < 1.29 is 4.79 Å². The molecule has 1 aliphatic carbocycles. The van der Waals surface area contributed by atoms with Crippen LogP contribution in [0.15, 0.2) is 24.3 Å². The molecule has 25 heavy (non-hydrogen) atoms. The van der Waals surface area contributed by atoms with Gasteiger partial charge in [0.2, 0.25) is 0 Å². The molecule has 1 aliphatic rings. The molecule has 0 saturated heterocycles. The second kappa shape index (κ2) is 6.77. The van der Waals surface area contributed by atoms with Crippen LogP contribution in [0.3, 0.4) is 0 Å². The number of fused-ring (bicyclic) bond motifs is 3. The molecule has 2 aromatic heterocycles. The molecule has 0 bridgehead atoms. The van der Waals surface area contributed by atoms with Crippen molar-refractivity contribution in [3.63, 3.8) is 0 Å². The first-order valence-electron chi connectivity index (χ1n) is 8.38. The van der Waals surface area contributed by atoms with Gasteiger partial charge in [0.05, 0.1) is 11.3 Å². The van der Waals surface area contributed by atoms with E-state index in [9.17, 15) is 4.79 Å². The summed E-state index contributed by atoms with van der Waals surface area (Å²) in [4.78, 5) is 19.4. The lowest BCUT2D eigenvalue weighted by Gasteiger charge is -2.15. The molecule has 0 unspecified atom stereocenters. The molecular formula is C20H21ClN2OS. The van der Waals surface area contributed by atoms with Crippen molar-refractivity contribution in [3.8, 4) is 11.1 Å². The van der Waals surface area contributed by atoms with Crippen molar-refractivity contribution in [1.82, 2.24) is 4.98 Å². The Morgan fingerprint density at radius 1 is 1.20 bits per heavy atom. The van der Waals surface area contributed by atoms with Gasteiger partial charge in [0.1, 0.15) is 4.83 Å². The summed E-state index contributed by atoms with van der Waals surface area (Å²) in [5, 5.41) is 1.15. The number of primary amides is 1. The molecule has 0 fully saturated rings. The molecule has 0 aliphatic heterocycles. The van der Waals surface area contributed by atoms with E-state index < -0.39 is 5.91 Å². The number of rotatable bonds is 2. The van der Waals surface area contributed by atoms with Crippen molar-refractivity contribution in [1.29, 1.82) is 0 Å². The van der Waals surface area contributed by atoms with Gasteiger partial charge in [-0.05, 0) is 50.7 Å². The summed E-state index contributed by atoms with van der Waals surface area (Å²) in [6.45, 7) is 3.96. The number of nitrogens with zero attached hydrogens (tertiary/aromatic N) is 1. The van der Waals surface area contributed by atoms with Crippen LogP contribution in [0, 0.1) is 13.8 Å². The first-order chi connectivity index (χ1) is 11.6. The SMILES string of the molecule is Cc1cccc(-c2c(C(N)=O)c(C)nc3sc4c(c23)CCCC4)c1.Cl. The third kappa shape index (κ3) is 2.94. The first kappa shape index (κ1) is 17.9. The van der Waals surface area contributed by atoms with Crippen LogP contribution in [0.2, 0.25) is 0 Å². The number of aromatic nitrogens is 1. The van der Waals surface area contributed by atoms with Crippen LogP contribution in [0.5, 0.6) is 0 Å². The monoisotopic (exact) mass is 372 g/mol. The van der Waals surface area contributed by atoms with Gasteiger partial charge in [0.15, 0.2) is 0 Å². The number of amides is 1. The zero-order valence-corrected chi connectivity index (χ0v) is 16.0. The van der Waals surface area contributed by atoms with Crippen LogP contribution >= 0.6 is 23.7 Å². The Hall–Kier alpha value is -1.91. The lowest BCUT2D eigenvalue weighted by atomic mass is 9.89. The third-order valence-electron chi connectivity index (χ3n) is 4.84. The summed E-state index contributed by atoms with van der Waals surface area (Å²) >= 11 is 1.78. The molecule has 2 N–H and O–H groups in total. The zero-order valence-electron chi connectivity index (χ0n) is 14.4. The summed E-state index contributed by atoms with van der Waals surface area (Å²) in [6.07, 6.45) is 4.62. The van der Waals surface area contributed by atoms with Gasteiger partial charge in [-0.25, -0.2) is 4.98 Å². The van der Waals surface area contributed by atoms with E-state index in [-0.39, 0.29) is 12.4 Å². The standard InChI is InChI=1S/C20H20N2OS.ClH/c1-11-6-5-7-13(10-11)17-16(19(21)23)12(2)22-20-18(17)14-8-3-4-9-15(14)24-20;/h5-7,10H,3-4,8-9H2,1-2H3,(H2,21,23);1H. The predicted octanol–water partition coefficient (Wildman–Crippen LogP) is 4.98. The van der Waals surface area contributed by atoms with Crippen molar-refractivity contribution in [2.75, 3.05) is 0 Å². The van der Waals surface area contributed by atoms with Crippen LogP contribution in [-0.4, -0.2) is 10.9 Å². The second-order valence-corrected chi connectivity index (χ2v) is 7.66. The van der Waals surface area contributed by atoms with E-state index in [1.165, 1.54) is 28.8 Å². The molecule has 2 heterocycles. The number of carbonyl (C=O) groups is 1. The number of nitrogens with two attached hydrogens (primary N) is 1. The topological polar surface area (TPSA) is 56.0 Å². The average Bonchev–Trinajstić information content (AvgIpc) is 2.91. The van der Waals surface area contributed by atoms with Crippen molar-refractivity contribution in [2.24, 2.45) is 5.73 Å². The first-order valence-corrected chi connectivity index (χ1v) is 9.19. The summed E-state index contributed by atoms with van der Waals surface area (Å²) in [5.74, 6) is -0.394. The van der Waals surface area contributed by atoms with Gasteiger partial charge in [0.25, 0.3) is 5.91 Å². The molecule has 1 amide bonds. The van der Waals surface area contributed by atoms with Gasteiger partial charge in [-0.1, -0.05) is 29.8 Å². The summed E-state index contributed by atoms with van der Waals surface area (Å²) in [5.41, 5.74) is 11.6. The van der Waals surface area contributed by atoms with E-state index in [2.05, 4.69) is 25.1 Å². The highest BCUT2D eigenvalue weighted by atomic mass is 35.5. The molecule has 3 nitrogen and oxygen atoms in total. The molecule has 0 saturated carbocycles. The van der Waals surface area contributed by atoms with Crippen LogP contribution in [0.4, 0.5) is 0 Å². The minimum Gasteiger partial charge on any atom is -0.366 e. The molecule has 4 rings (SSSR count). The van der Waals surface area contributed by atoms with Crippen LogP contribution < -0.4 is 5.73 Å². The minimum absolute atomic E-state index is 0. The van der Waals surface area contributed by atoms with Gasteiger partial charge in [-0.2, -0.15) is 0 Å². The Labute approximate surface area is 157 Å². The third-order valence-corrected chi connectivity index (χ3v) is 6.02. The van der Waals surface area contributed by atoms with Gasteiger partial charge >= 0.3 is 0 Å². The van der Waals surface area contributed by atoms with Crippen molar-refractivity contribution in [3.05, 3.63) is 51.5 Å². The predicted molar refractivity (Wildman–Crippen MR) is 107 cm³/mol. The van der Waals surface area contributed by atoms with Crippen LogP contribution in [0.25, 0.3) is 21.3 Å². The average molecular weight is 373 g/mol. The number of hydrogen-bond donors (Lipinski definition) is 1. The quantitative estimate of drug-likeness (QED) is 0.689. The van der Waals surface area contributed by atoms with E-state index in [1.54, 1.807) is 11.3 Å². The Bertz CT molecular complexity index is 977. The largest absolute Gasteiger partial charge is 0.366 e. The molecular weight excluding hydrogens is 352 g/mol. The normalized spacial score (nSPS) is 13.4. The van der Waals surface area contributed by atoms with Gasteiger partial charge in [-0.3, -0.25) is 4.79 Å². The maximum atomic E-state index is 12.2. The Kier molecular flexibility index (Phi) is 4.85. The molecule has 130 valence electrons. The number of thiophene rings is 1. The molecule has 0 spiro atoms. The Balaban J connectivity index is 0.00000182. The molecule has 0 atom stereocenters. The number of benzene rings is 1. The number of pyridine rings is 1. The summed E-state index contributed by atoms with van der Waals surface area (Å²) in [7, 11) is 0. The van der Waals surface area contributed by atoms with E-state index in [0.29, 0.717) is 5.56 Å². The lowest BCUT2D eigenvalue weighted by molar-refractivity contribution is 0.1000. The fourth-order valence-corrected chi connectivity index (χ4v) is 5.11. The minimum atomic E-state index is -0.394. The Morgan fingerprint density at radius 3 is 2.68 bits per heavy atom. The van der Waals surface area contributed by atoms with Crippen molar-refractivity contribution >= 4 is 39.9 Å². The number of aryl methyl sites for hydroxylation is 4. The maximum absolute atomic E-state index is 12.2. The molecule has 1 aromatic carbocycles. The number of hydrogen-bond acceptors (Lipinski definition) is 3. The zero-order chi connectivity index (χ0) is 16.8. The number of halogens is 1. The number of carbonyl (C=O) groups excluding carboxylic acids is 1. The van der Waals surface area contributed by atoms with Gasteiger partial charge in [-0.15, -0.1) is 23.7 Å². The van der Waals surface area contributed by atoms with Gasteiger partial charge < -0.3 is 5.73 Å². The summed E-state index contributed by atoms with van der Waals surface area (Å²) in [6, 6.07) is 8.31. The smallest absolute Gasteiger partial charge is 0.251 e. The fourth-order valence-electron chi connectivity index (χ4n) is 3.79. The van der Waals surface area contributed by atoms with Crippen LogP contribution in [-0.2, 0) is 12.8 Å². The Morgan fingerprint density at radius 2 is 1.96 bits per heavy atom. The maximum Gasteiger partial charge on any atom is 0.251 e. The highest BCUT2D eigenvalue weighted by Crippen LogP contribution is 2.43. The highest BCUT2D eigenvalue weighted by molar-refractivity contribution is 7.19. The second-order valence-electron chi connectivity index (χ2n) is 6.57. The van der Waals surface area contributed by atoms with E-state index in [1.807, 2.05) is 13.0 Å². The van der Waals surface area contributed by atoms with Crippen LogP contribution in [0.1, 0.15) is 44.9 Å². The van der Waals surface area contributed by atoms with E-state index in [0.717, 1.165) is 39.9 Å².